The van der Waals surface area contributed by atoms with E-state index >= 15 is 0 Å². The molecule has 0 aliphatic rings. The summed E-state index contributed by atoms with van der Waals surface area (Å²) in [6, 6.07) is 13.0. The van der Waals surface area contributed by atoms with Crippen molar-refractivity contribution in [1.29, 1.82) is 0 Å². The molecule has 0 saturated carbocycles. The lowest BCUT2D eigenvalue weighted by Crippen LogP contribution is -2.18. The predicted octanol–water partition coefficient (Wildman–Crippen LogP) is 3.36. The summed E-state index contributed by atoms with van der Waals surface area (Å²) < 4.78 is 20.6. The Bertz CT molecular complexity index is 1060. The molecule has 0 saturated heterocycles. The fraction of sp³-hybridized carbons (Fsp3) is 0.238. The van der Waals surface area contributed by atoms with Crippen molar-refractivity contribution in [2.75, 3.05) is 23.5 Å². The van der Waals surface area contributed by atoms with Crippen LogP contribution in [-0.2, 0) is 22.6 Å². The van der Waals surface area contributed by atoms with Crippen molar-refractivity contribution in [2.24, 2.45) is 0 Å². The maximum atomic E-state index is 13.7. The lowest BCUT2D eigenvalue weighted by Gasteiger charge is -2.09. The molecule has 0 unspecified atom stereocenters. The number of para-hydroxylation sites is 1. The monoisotopic (exact) mass is 443 g/mol. The summed E-state index contributed by atoms with van der Waals surface area (Å²) in [6.45, 7) is 2.42. The van der Waals surface area contributed by atoms with Crippen LogP contribution in [0.15, 0.2) is 53.7 Å². The highest BCUT2D eigenvalue weighted by Crippen LogP contribution is 2.20. The van der Waals surface area contributed by atoms with Crippen LogP contribution in [-0.4, -0.2) is 39.4 Å². The molecule has 1 aromatic heterocycles. The number of nitrogens with zero attached hydrogens (tertiary/aromatic N) is 3. The van der Waals surface area contributed by atoms with Gasteiger partial charge in [0.2, 0.25) is 11.8 Å². The van der Waals surface area contributed by atoms with Gasteiger partial charge in [-0.15, -0.1) is 10.2 Å². The van der Waals surface area contributed by atoms with Gasteiger partial charge in [-0.2, -0.15) is 0 Å². The maximum absolute atomic E-state index is 13.7. The molecule has 0 fully saturated rings. The number of thioether (sulfide) groups is 1. The molecule has 0 aliphatic heterocycles. The predicted molar refractivity (Wildman–Crippen MR) is 117 cm³/mol. The average molecular weight is 444 g/mol. The molecule has 2 amide bonds. The van der Waals surface area contributed by atoms with Gasteiger partial charge in [-0.25, -0.2) is 4.39 Å². The highest BCUT2D eigenvalue weighted by Gasteiger charge is 2.17. The minimum atomic E-state index is -0.507. The molecule has 0 atom stereocenters. The summed E-state index contributed by atoms with van der Waals surface area (Å²) in [7, 11) is 1.58. The molecule has 2 aromatic carbocycles. The van der Waals surface area contributed by atoms with Crippen LogP contribution in [0.3, 0.4) is 0 Å². The summed E-state index contributed by atoms with van der Waals surface area (Å²) in [6.07, 6.45) is -0.0617. The molecular weight excluding hydrogens is 421 g/mol. The summed E-state index contributed by atoms with van der Waals surface area (Å²) in [5, 5.41) is 14.0. The van der Waals surface area contributed by atoms with Gasteiger partial charge in [0.1, 0.15) is 17.4 Å². The van der Waals surface area contributed by atoms with E-state index in [-0.39, 0.29) is 23.8 Å². The van der Waals surface area contributed by atoms with Gasteiger partial charge in [-0.1, -0.05) is 23.9 Å². The number of hydrogen-bond donors (Lipinski definition) is 2. The van der Waals surface area contributed by atoms with Gasteiger partial charge in [-0.3, -0.25) is 9.59 Å². The molecular formula is C21H22FN5O3S. The molecule has 0 bridgehead atoms. The Morgan fingerprint density at radius 3 is 2.48 bits per heavy atom. The molecule has 0 radical (unpaired) electrons. The number of amides is 2. The fourth-order valence-corrected chi connectivity index (χ4v) is 3.60. The molecule has 0 aliphatic carbocycles. The number of nitrogens with one attached hydrogen (secondary N) is 2. The van der Waals surface area contributed by atoms with Crippen LogP contribution >= 0.6 is 11.8 Å². The van der Waals surface area contributed by atoms with Crippen molar-refractivity contribution >= 4 is 35.0 Å². The first-order valence-corrected chi connectivity index (χ1v) is 10.5. The van der Waals surface area contributed by atoms with Crippen molar-refractivity contribution in [3.63, 3.8) is 0 Å². The second kappa shape index (κ2) is 10.6. The van der Waals surface area contributed by atoms with E-state index in [4.69, 9.17) is 4.74 Å². The highest BCUT2D eigenvalue weighted by atomic mass is 32.2. The van der Waals surface area contributed by atoms with Crippen molar-refractivity contribution in [2.45, 2.75) is 25.0 Å². The summed E-state index contributed by atoms with van der Waals surface area (Å²) in [5.74, 6) is 0.169. The molecule has 31 heavy (non-hydrogen) atoms. The van der Waals surface area contributed by atoms with Crippen molar-refractivity contribution < 1.29 is 18.7 Å². The zero-order valence-electron chi connectivity index (χ0n) is 17.1. The largest absolute Gasteiger partial charge is 0.497 e. The van der Waals surface area contributed by atoms with Gasteiger partial charge >= 0.3 is 0 Å². The first-order chi connectivity index (χ1) is 15.0. The third-order valence-corrected chi connectivity index (χ3v) is 5.25. The van der Waals surface area contributed by atoms with Crippen molar-refractivity contribution in [3.05, 3.63) is 60.2 Å². The van der Waals surface area contributed by atoms with Gasteiger partial charge < -0.3 is 19.9 Å². The Hall–Kier alpha value is -3.40. The van der Waals surface area contributed by atoms with Gasteiger partial charge in [-0.05, 0) is 43.3 Å². The van der Waals surface area contributed by atoms with E-state index in [1.807, 2.05) is 6.92 Å². The standard InChI is InChI=1S/C21H22FN5O3S/c1-3-27-18(12-19(28)24-17-7-5-4-6-16(17)22)25-26-21(27)31-13-20(29)23-14-8-10-15(30-2)11-9-14/h4-11H,3,12-13H2,1-2H3,(H,23,29)(H,24,28). The molecule has 3 aromatic rings. The van der Waals surface area contributed by atoms with Crippen LogP contribution in [0.25, 0.3) is 0 Å². The van der Waals surface area contributed by atoms with E-state index in [0.717, 1.165) is 0 Å². The quantitative estimate of drug-likeness (QED) is 0.492. The van der Waals surface area contributed by atoms with Gasteiger partial charge in [0.05, 0.1) is 25.0 Å². The lowest BCUT2D eigenvalue weighted by molar-refractivity contribution is -0.116. The van der Waals surface area contributed by atoms with Gasteiger partial charge in [0, 0.05) is 12.2 Å². The van der Waals surface area contributed by atoms with Crippen LogP contribution in [0, 0.1) is 5.82 Å². The molecule has 3 rings (SSSR count). The number of carbonyl (C=O) groups excluding carboxylic acids is 2. The Kier molecular flexibility index (Phi) is 7.60. The van der Waals surface area contributed by atoms with E-state index < -0.39 is 11.7 Å². The molecule has 162 valence electrons. The molecule has 0 spiro atoms. The number of halogens is 1. The normalized spacial score (nSPS) is 10.5. The van der Waals surface area contributed by atoms with Crippen LogP contribution in [0.2, 0.25) is 0 Å². The second-order valence-electron chi connectivity index (χ2n) is 6.41. The van der Waals surface area contributed by atoms with Crippen LogP contribution in [0.5, 0.6) is 5.75 Å². The fourth-order valence-electron chi connectivity index (χ4n) is 2.78. The van der Waals surface area contributed by atoms with Crippen molar-refractivity contribution in [3.8, 4) is 5.75 Å². The van der Waals surface area contributed by atoms with Crippen molar-refractivity contribution in [1.82, 2.24) is 14.8 Å². The number of rotatable bonds is 9. The van der Waals surface area contributed by atoms with E-state index in [0.29, 0.717) is 29.0 Å². The van der Waals surface area contributed by atoms with Gasteiger partial charge in [0.25, 0.3) is 0 Å². The molecule has 2 N–H and O–H groups in total. The van der Waals surface area contributed by atoms with E-state index in [9.17, 15) is 14.0 Å². The number of aromatic nitrogens is 3. The average Bonchev–Trinajstić information content (AvgIpc) is 3.15. The first-order valence-electron chi connectivity index (χ1n) is 9.53. The summed E-state index contributed by atoms with van der Waals surface area (Å²) in [4.78, 5) is 24.5. The summed E-state index contributed by atoms with van der Waals surface area (Å²) in [5.41, 5.74) is 0.772. The van der Waals surface area contributed by atoms with E-state index in [1.165, 1.54) is 23.9 Å². The molecule has 8 nitrogen and oxygen atoms in total. The Morgan fingerprint density at radius 2 is 1.81 bits per heavy atom. The number of carbonyl (C=O) groups is 2. The topological polar surface area (TPSA) is 98.1 Å². The zero-order valence-corrected chi connectivity index (χ0v) is 17.9. The number of ether oxygens (including phenoxy) is 1. The molecule has 1 heterocycles. The smallest absolute Gasteiger partial charge is 0.234 e. The lowest BCUT2D eigenvalue weighted by atomic mass is 10.3. The number of benzene rings is 2. The number of methoxy groups -OCH3 is 1. The highest BCUT2D eigenvalue weighted by molar-refractivity contribution is 7.99. The third kappa shape index (κ3) is 6.05. The zero-order chi connectivity index (χ0) is 22.2. The van der Waals surface area contributed by atoms with E-state index in [1.54, 1.807) is 48.1 Å². The first kappa shape index (κ1) is 22.3. The minimum absolute atomic E-state index is 0.0617. The Morgan fingerprint density at radius 1 is 1.06 bits per heavy atom. The van der Waals surface area contributed by atoms with Crippen LogP contribution in [0.4, 0.5) is 15.8 Å². The second-order valence-corrected chi connectivity index (χ2v) is 7.36. The number of hydrogen-bond acceptors (Lipinski definition) is 6. The van der Waals surface area contributed by atoms with Crippen LogP contribution in [0.1, 0.15) is 12.7 Å². The number of anilines is 2. The van der Waals surface area contributed by atoms with E-state index in [2.05, 4.69) is 20.8 Å². The van der Waals surface area contributed by atoms with Gasteiger partial charge in [0.15, 0.2) is 5.16 Å². The molecule has 10 heteroatoms. The Labute approximate surface area is 183 Å². The summed E-state index contributed by atoms with van der Waals surface area (Å²) >= 11 is 1.22. The van der Waals surface area contributed by atoms with Crippen LogP contribution < -0.4 is 15.4 Å². The SMILES string of the molecule is CCn1c(CC(=O)Nc2ccccc2F)nnc1SCC(=O)Nc1ccc(OC)cc1. The minimum Gasteiger partial charge on any atom is -0.497 e. The third-order valence-electron chi connectivity index (χ3n) is 4.28. The Balaban J connectivity index is 1.57. The maximum Gasteiger partial charge on any atom is 0.234 e.